The molecule has 2 rings (SSSR count). The summed E-state index contributed by atoms with van der Waals surface area (Å²) in [6, 6.07) is 4.93. The van der Waals surface area contributed by atoms with E-state index >= 15 is 0 Å². The Labute approximate surface area is 108 Å². The van der Waals surface area contributed by atoms with Crippen LogP contribution in [0.1, 0.15) is 17.0 Å². The highest BCUT2D eigenvalue weighted by molar-refractivity contribution is 9.10. The van der Waals surface area contributed by atoms with Crippen LogP contribution >= 0.6 is 15.9 Å². The second kappa shape index (κ2) is 4.49. The van der Waals surface area contributed by atoms with Gasteiger partial charge in [0.2, 0.25) is 0 Å². The van der Waals surface area contributed by atoms with Crippen LogP contribution in [0.5, 0.6) is 0 Å². The van der Waals surface area contributed by atoms with Crippen molar-refractivity contribution in [2.24, 2.45) is 0 Å². The van der Waals surface area contributed by atoms with Gasteiger partial charge in [-0.3, -0.25) is 4.68 Å². The molecule has 0 aliphatic heterocycles. The Balaban J connectivity index is 2.31. The van der Waals surface area contributed by atoms with Gasteiger partial charge in [0.25, 0.3) is 0 Å². The van der Waals surface area contributed by atoms with E-state index < -0.39 is 0 Å². The van der Waals surface area contributed by atoms with Gasteiger partial charge in [0, 0.05) is 0 Å². The SMILES string of the molecule is Cc1nn(Cc2ccc(F)c(Br)c2)c(C)c1N. The summed E-state index contributed by atoms with van der Waals surface area (Å²) in [5.74, 6) is -0.262. The maximum absolute atomic E-state index is 13.1. The van der Waals surface area contributed by atoms with E-state index in [0.717, 1.165) is 17.0 Å². The molecule has 1 heterocycles. The number of benzene rings is 1. The molecule has 0 spiro atoms. The van der Waals surface area contributed by atoms with Gasteiger partial charge in [0.15, 0.2) is 0 Å². The van der Waals surface area contributed by atoms with Gasteiger partial charge in [0.1, 0.15) is 5.82 Å². The van der Waals surface area contributed by atoms with Crippen molar-refractivity contribution >= 4 is 21.6 Å². The molecule has 3 nitrogen and oxygen atoms in total. The van der Waals surface area contributed by atoms with Crippen molar-refractivity contribution in [3.8, 4) is 0 Å². The summed E-state index contributed by atoms with van der Waals surface area (Å²) < 4.78 is 15.4. The lowest BCUT2D eigenvalue weighted by Gasteiger charge is -2.05. The minimum absolute atomic E-state index is 0.262. The normalized spacial score (nSPS) is 10.8. The number of nitrogen functional groups attached to an aromatic ring is 1. The van der Waals surface area contributed by atoms with Crippen molar-refractivity contribution in [1.29, 1.82) is 0 Å². The van der Waals surface area contributed by atoms with Crippen LogP contribution in [-0.4, -0.2) is 9.78 Å². The third-order valence-corrected chi connectivity index (χ3v) is 3.36. The summed E-state index contributed by atoms with van der Waals surface area (Å²) in [5, 5.41) is 4.34. The van der Waals surface area contributed by atoms with Crippen LogP contribution in [0, 0.1) is 19.7 Å². The quantitative estimate of drug-likeness (QED) is 0.926. The van der Waals surface area contributed by atoms with E-state index in [9.17, 15) is 4.39 Å². The van der Waals surface area contributed by atoms with Gasteiger partial charge in [-0.15, -0.1) is 0 Å². The molecule has 0 bridgehead atoms. The van der Waals surface area contributed by atoms with Crippen molar-refractivity contribution in [3.63, 3.8) is 0 Å². The van der Waals surface area contributed by atoms with E-state index in [2.05, 4.69) is 21.0 Å². The van der Waals surface area contributed by atoms with Crippen LogP contribution in [0.3, 0.4) is 0 Å². The van der Waals surface area contributed by atoms with Gasteiger partial charge in [-0.2, -0.15) is 5.10 Å². The summed E-state index contributed by atoms with van der Waals surface area (Å²) >= 11 is 3.17. The maximum atomic E-state index is 13.1. The smallest absolute Gasteiger partial charge is 0.137 e. The Morgan fingerprint density at radius 3 is 2.65 bits per heavy atom. The van der Waals surface area contributed by atoms with Crippen LogP contribution in [0.15, 0.2) is 22.7 Å². The van der Waals surface area contributed by atoms with Crippen molar-refractivity contribution in [2.45, 2.75) is 20.4 Å². The third kappa shape index (κ3) is 2.34. The first kappa shape index (κ1) is 12.1. The van der Waals surface area contributed by atoms with Crippen molar-refractivity contribution < 1.29 is 4.39 Å². The number of anilines is 1. The maximum Gasteiger partial charge on any atom is 0.137 e. The number of nitrogens with zero attached hydrogens (tertiary/aromatic N) is 2. The fourth-order valence-corrected chi connectivity index (χ4v) is 2.10. The summed E-state index contributed by atoms with van der Waals surface area (Å²) in [5.41, 5.74) is 9.30. The Kier molecular flexibility index (Phi) is 3.19. The summed E-state index contributed by atoms with van der Waals surface area (Å²) in [7, 11) is 0. The van der Waals surface area contributed by atoms with E-state index in [1.165, 1.54) is 6.07 Å². The third-order valence-electron chi connectivity index (χ3n) is 2.75. The Bertz CT molecular complexity index is 563. The van der Waals surface area contributed by atoms with Gasteiger partial charge in [-0.25, -0.2) is 4.39 Å². The van der Waals surface area contributed by atoms with E-state index in [1.54, 1.807) is 12.1 Å². The number of rotatable bonds is 2. The topological polar surface area (TPSA) is 43.8 Å². The molecule has 0 unspecified atom stereocenters. The van der Waals surface area contributed by atoms with Crippen LogP contribution in [0.2, 0.25) is 0 Å². The average molecular weight is 298 g/mol. The molecule has 1 aromatic heterocycles. The van der Waals surface area contributed by atoms with Gasteiger partial charge < -0.3 is 5.73 Å². The van der Waals surface area contributed by atoms with E-state index in [4.69, 9.17) is 5.73 Å². The molecule has 90 valence electrons. The monoisotopic (exact) mass is 297 g/mol. The summed E-state index contributed by atoms with van der Waals surface area (Å²) in [6.45, 7) is 4.38. The Morgan fingerprint density at radius 2 is 2.12 bits per heavy atom. The lowest BCUT2D eigenvalue weighted by atomic mass is 10.2. The average Bonchev–Trinajstić information content (AvgIpc) is 2.52. The zero-order chi connectivity index (χ0) is 12.6. The highest BCUT2D eigenvalue weighted by atomic mass is 79.9. The molecule has 1 aromatic carbocycles. The number of hydrogen-bond acceptors (Lipinski definition) is 2. The zero-order valence-electron chi connectivity index (χ0n) is 9.67. The first-order valence-corrected chi connectivity index (χ1v) is 6.01. The zero-order valence-corrected chi connectivity index (χ0v) is 11.3. The van der Waals surface area contributed by atoms with Crippen molar-refractivity contribution in [3.05, 3.63) is 45.4 Å². The summed E-state index contributed by atoms with van der Waals surface area (Å²) in [6.07, 6.45) is 0. The lowest BCUT2D eigenvalue weighted by Crippen LogP contribution is -2.04. The second-order valence-corrected chi connectivity index (χ2v) is 4.84. The first-order chi connectivity index (χ1) is 7.99. The Hall–Kier alpha value is -1.36. The second-order valence-electron chi connectivity index (χ2n) is 3.99. The fourth-order valence-electron chi connectivity index (χ4n) is 1.68. The molecule has 2 N–H and O–H groups in total. The first-order valence-electron chi connectivity index (χ1n) is 5.22. The number of hydrogen-bond donors (Lipinski definition) is 1. The van der Waals surface area contributed by atoms with Crippen LogP contribution in [0.25, 0.3) is 0 Å². The van der Waals surface area contributed by atoms with Crippen LogP contribution in [0.4, 0.5) is 10.1 Å². The fraction of sp³-hybridized carbons (Fsp3) is 0.250. The van der Waals surface area contributed by atoms with Gasteiger partial charge in [-0.05, 0) is 47.5 Å². The number of aryl methyl sites for hydroxylation is 1. The van der Waals surface area contributed by atoms with E-state index in [-0.39, 0.29) is 5.82 Å². The summed E-state index contributed by atoms with van der Waals surface area (Å²) in [4.78, 5) is 0. The minimum atomic E-state index is -0.262. The van der Waals surface area contributed by atoms with Crippen molar-refractivity contribution in [2.75, 3.05) is 5.73 Å². The largest absolute Gasteiger partial charge is 0.396 e. The highest BCUT2D eigenvalue weighted by Crippen LogP contribution is 2.20. The molecule has 0 aliphatic carbocycles. The molecule has 0 atom stereocenters. The molecule has 0 saturated carbocycles. The van der Waals surface area contributed by atoms with Gasteiger partial charge >= 0.3 is 0 Å². The Morgan fingerprint density at radius 1 is 1.41 bits per heavy atom. The molecular weight excluding hydrogens is 285 g/mol. The molecule has 2 aromatic rings. The molecule has 5 heteroatoms. The van der Waals surface area contributed by atoms with E-state index in [0.29, 0.717) is 16.7 Å². The standard InChI is InChI=1S/C12H13BrFN3/c1-7-12(15)8(2)17(16-7)6-9-3-4-11(14)10(13)5-9/h3-5H,6,15H2,1-2H3. The number of aromatic nitrogens is 2. The molecule has 0 radical (unpaired) electrons. The molecule has 17 heavy (non-hydrogen) atoms. The van der Waals surface area contributed by atoms with E-state index in [1.807, 2.05) is 18.5 Å². The molecule has 0 amide bonds. The lowest BCUT2D eigenvalue weighted by molar-refractivity contribution is 0.616. The predicted octanol–water partition coefficient (Wildman–Crippen LogP) is 3.03. The molecule has 0 aliphatic rings. The number of halogens is 2. The molecular formula is C12H13BrFN3. The predicted molar refractivity (Wildman–Crippen MR) is 69.3 cm³/mol. The van der Waals surface area contributed by atoms with Gasteiger partial charge in [-0.1, -0.05) is 6.07 Å². The minimum Gasteiger partial charge on any atom is -0.396 e. The van der Waals surface area contributed by atoms with Crippen LogP contribution < -0.4 is 5.73 Å². The van der Waals surface area contributed by atoms with Crippen LogP contribution in [-0.2, 0) is 6.54 Å². The molecule has 0 fully saturated rings. The highest BCUT2D eigenvalue weighted by Gasteiger charge is 2.09. The van der Waals surface area contributed by atoms with Crippen molar-refractivity contribution in [1.82, 2.24) is 9.78 Å². The van der Waals surface area contributed by atoms with Gasteiger partial charge in [0.05, 0.1) is 28.1 Å². The number of nitrogens with two attached hydrogens (primary N) is 1. The molecule has 0 saturated heterocycles.